The van der Waals surface area contributed by atoms with Crippen LogP contribution in [0, 0.1) is 0 Å². The maximum Gasteiger partial charge on any atom is 0.158 e. The zero-order chi connectivity index (χ0) is 12.0. The summed E-state index contributed by atoms with van der Waals surface area (Å²) in [6.45, 7) is 3.64. The molecule has 0 saturated heterocycles. The van der Waals surface area contributed by atoms with Crippen molar-refractivity contribution in [3.05, 3.63) is 29.0 Å². The van der Waals surface area contributed by atoms with Crippen LogP contribution in [0.4, 0.5) is 0 Å². The van der Waals surface area contributed by atoms with Gasteiger partial charge in [0.05, 0.1) is 0 Å². The molecular formula is C11H16ClN3S. The van der Waals surface area contributed by atoms with Gasteiger partial charge in [0.2, 0.25) is 0 Å². The molecule has 1 aromatic heterocycles. The van der Waals surface area contributed by atoms with Gasteiger partial charge in [-0.15, -0.1) is 0 Å². The molecule has 5 heteroatoms. The number of halogens is 1. The van der Waals surface area contributed by atoms with Crippen LogP contribution in [0.2, 0.25) is 5.15 Å². The quantitative estimate of drug-likeness (QED) is 0.474. The summed E-state index contributed by atoms with van der Waals surface area (Å²) in [4.78, 5) is 10.6. The molecule has 1 heterocycles. The summed E-state index contributed by atoms with van der Waals surface area (Å²) in [6.07, 6.45) is 3.83. The van der Waals surface area contributed by atoms with Gasteiger partial charge in [-0.25, -0.2) is 4.98 Å². The minimum Gasteiger partial charge on any atom is -0.350 e. The van der Waals surface area contributed by atoms with Gasteiger partial charge in [-0.3, -0.25) is 4.99 Å². The van der Waals surface area contributed by atoms with E-state index in [4.69, 9.17) is 11.6 Å². The van der Waals surface area contributed by atoms with Crippen LogP contribution in [0.3, 0.4) is 0 Å². The van der Waals surface area contributed by atoms with Crippen molar-refractivity contribution in [2.75, 3.05) is 19.8 Å². The van der Waals surface area contributed by atoms with Gasteiger partial charge in [0.25, 0.3) is 0 Å². The van der Waals surface area contributed by atoms with E-state index in [0.717, 1.165) is 23.8 Å². The van der Waals surface area contributed by atoms with Crippen molar-refractivity contribution in [1.29, 1.82) is 0 Å². The molecule has 0 amide bonds. The second-order valence-corrected chi connectivity index (χ2v) is 4.47. The van der Waals surface area contributed by atoms with Crippen LogP contribution in [0.1, 0.15) is 12.5 Å². The van der Waals surface area contributed by atoms with Crippen LogP contribution in [0.15, 0.2) is 23.3 Å². The van der Waals surface area contributed by atoms with E-state index >= 15 is 0 Å². The van der Waals surface area contributed by atoms with Crippen molar-refractivity contribution in [1.82, 2.24) is 9.88 Å². The van der Waals surface area contributed by atoms with Crippen LogP contribution in [-0.4, -0.2) is 34.9 Å². The molecule has 0 radical (unpaired) electrons. The van der Waals surface area contributed by atoms with E-state index in [0.29, 0.717) is 5.15 Å². The van der Waals surface area contributed by atoms with Crippen LogP contribution in [0.5, 0.6) is 0 Å². The van der Waals surface area contributed by atoms with Crippen LogP contribution < -0.4 is 0 Å². The highest BCUT2D eigenvalue weighted by Gasteiger charge is 2.05. The molecule has 0 spiro atoms. The summed E-state index contributed by atoms with van der Waals surface area (Å²) < 4.78 is 0. The molecule has 0 atom stereocenters. The number of thioether (sulfide) groups is 1. The van der Waals surface area contributed by atoms with Gasteiger partial charge >= 0.3 is 0 Å². The van der Waals surface area contributed by atoms with Crippen molar-refractivity contribution >= 4 is 28.5 Å². The summed E-state index contributed by atoms with van der Waals surface area (Å²) in [7, 11) is 2.03. The number of pyridine rings is 1. The Labute approximate surface area is 106 Å². The average Bonchev–Trinajstić information content (AvgIpc) is 2.29. The van der Waals surface area contributed by atoms with Gasteiger partial charge in [0.1, 0.15) is 5.15 Å². The Morgan fingerprint density at radius 1 is 1.56 bits per heavy atom. The lowest BCUT2D eigenvalue weighted by Gasteiger charge is -2.19. The minimum atomic E-state index is 0.527. The first-order valence-electron chi connectivity index (χ1n) is 5.07. The van der Waals surface area contributed by atoms with E-state index in [1.54, 1.807) is 24.0 Å². The lowest BCUT2D eigenvalue weighted by Crippen LogP contribution is -2.23. The first-order chi connectivity index (χ1) is 7.67. The summed E-state index contributed by atoms with van der Waals surface area (Å²) in [5, 5.41) is 1.57. The highest BCUT2D eigenvalue weighted by atomic mass is 35.5. The maximum atomic E-state index is 5.74. The monoisotopic (exact) mass is 257 g/mol. The molecule has 3 nitrogen and oxygen atoms in total. The molecule has 0 aromatic carbocycles. The van der Waals surface area contributed by atoms with Crippen LogP contribution in [0.25, 0.3) is 0 Å². The van der Waals surface area contributed by atoms with Gasteiger partial charge in [0.15, 0.2) is 5.17 Å². The third-order valence-corrected chi connectivity index (χ3v) is 3.04. The Hall–Kier alpha value is -0.740. The molecule has 1 rings (SSSR count). The van der Waals surface area contributed by atoms with Crippen molar-refractivity contribution < 1.29 is 0 Å². The second-order valence-electron chi connectivity index (χ2n) is 3.31. The summed E-state index contributed by atoms with van der Waals surface area (Å²) in [6, 6.07) is 3.79. The molecular weight excluding hydrogens is 242 g/mol. The van der Waals surface area contributed by atoms with Crippen molar-refractivity contribution in [2.24, 2.45) is 4.99 Å². The molecule has 0 fully saturated rings. The summed E-state index contributed by atoms with van der Waals surface area (Å²) in [5.74, 6) is 0. The smallest absolute Gasteiger partial charge is 0.158 e. The first kappa shape index (κ1) is 13.3. The normalized spacial score (nSPS) is 11.6. The second kappa shape index (κ2) is 6.76. The molecule has 0 aliphatic heterocycles. The largest absolute Gasteiger partial charge is 0.350 e. The molecule has 1 aromatic rings. The molecule has 0 aliphatic rings. The Kier molecular flexibility index (Phi) is 5.63. The molecule has 0 aliphatic carbocycles. The number of nitrogens with zero attached hydrogens (tertiary/aromatic N) is 3. The van der Waals surface area contributed by atoms with E-state index in [1.165, 1.54) is 0 Å². The SMILES string of the molecule is CC/N=C(\SC)N(C)Cc1ccc(Cl)nc1. The molecule has 88 valence electrons. The molecule has 0 bridgehead atoms. The standard InChI is InChI=1S/C11H16ClN3S/c1-4-13-11(16-3)15(2)8-9-5-6-10(12)14-7-9/h5-7H,4,8H2,1-3H3/b13-11-. The van der Waals surface area contributed by atoms with Gasteiger partial charge in [-0.1, -0.05) is 29.4 Å². The van der Waals surface area contributed by atoms with Gasteiger partial charge < -0.3 is 4.90 Å². The van der Waals surface area contributed by atoms with E-state index < -0.39 is 0 Å². The zero-order valence-corrected chi connectivity index (χ0v) is 11.3. The highest BCUT2D eigenvalue weighted by Crippen LogP contribution is 2.10. The zero-order valence-electron chi connectivity index (χ0n) is 9.77. The van der Waals surface area contributed by atoms with Crippen molar-refractivity contribution in [3.63, 3.8) is 0 Å². The number of aromatic nitrogens is 1. The number of amidine groups is 1. The Morgan fingerprint density at radius 3 is 2.81 bits per heavy atom. The Bertz CT molecular complexity index is 351. The predicted molar refractivity (Wildman–Crippen MR) is 72.2 cm³/mol. The number of hydrogen-bond donors (Lipinski definition) is 0. The van der Waals surface area contributed by atoms with Crippen LogP contribution >= 0.6 is 23.4 Å². The fourth-order valence-electron chi connectivity index (χ4n) is 1.32. The van der Waals surface area contributed by atoms with Crippen molar-refractivity contribution in [3.8, 4) is 0 Å². The molecule has 0 saturated carbocycles. The van der Waals surface area contributed by atoms with E-state index in [2.05, 4.69) is 14.9 Å². The highest BCUT2D eigenvalue weighted by molar-refractivity contribution is 8.13. The number of rotatable bonds is 3. The van der Waals surface area contributed by atoms with Crippen LogP contribution in [-0.2, 0) is 6.54 Å². The average molecular weight is 258 g/mol. The number of hydrogen-bond acceptors (Lipinski definition) is 3. The maximum absolute atomic E-state index is 5.74. The minimum absolute atomic E-state index is 0.527. The lowest BCUT2D eigenvalue weighted by atomic mass is 10.3. The summed E-state index contributed by atoms with van der Waals surface area (Å²) >= 11 is 7.39. The first-order valence-corrected chi connectivity index (χ1v) is 6.67. The van der Waals surface area contributed by atoms with E-state index in [-0.39, 0.29) is 0 Å². The Morgan fingerprint density at radius 2 is 2.31 bits per heavy atom. The van der Waals surface area contributed by atoms with Gasteiger partial charge in [0, 0.05) is 26.3 Å². The fourth-order valence-corrected chi connectivity index (χ4v) is 2.06. The van der Waals surface area contributed by atoms with Crippen molar-refractivity contribution in [2.45, 2.75) is 13.5 Å². The third kappa shape index (κ3) is 4.02. The topological polar surface area (TPSA) is 28.5 Å². The summed E-state index contributed by atoms with van der Waals surface area (Å²) in [5.41, 5.74) is 1.13. The fraction of sp³-hybridized carbons (Fsp3) is 0.455. The van der Waals surface area contributed by atoms with Gasteiger partial charge in [-0.05, 0) is 24.8 Å². The molecule has 16 heavy (non-hydrogen) atoms. The third-order valence-electron chi connectivity index (χ3n) is 2.01. The van der Waals surface area contributed by atoms with E-state index in [9.17, 15) is 0 Å². The number of aliphatic imine (C=N–C) groups is 1. The molecule has 0 N–H and O–H groups in total. The lowest BCUT2D eigenvalue weighted by molar-refractivity contribution is 0.508. The van der Waals surface area contributed by atoms with Gasteiger partial charge in [-0.2, -0.15) is 0 Å². The Balaban J connectivity index is 2.66. The molecule has 0 unspecified atom stereocenters. The predicted octanol–water partition coefficient (Wildman–Crippen LogP) is 2.91. The van der Waals surface area contributed by atoms with E-state index in [1.807, 2.05) is 26.3 Å².